The molecule has 0 N–H and O–H groups in total. The van der Waals surface area contributed by atoms with Crippen LogP contribution in [0.1, 0.15) is 0 Å². The third-order valence-corrected chi connectivity index (χ3v) is 2.79. The van der Waals surface area contributed by atoms with Gasteiger partial charge >= 0.3 is 0 Å². The average molecular weight is 131 g/mol. The molecular formula is C5H9NOS. The summed E-state index contributed by atoms with van der Waals surface area (Å²) in [6, 6.07) is 0.750. The number of ether oxygens (including phenoxy) is 1. The molecule has 8 heavy (non-hydrogen) atoms. The van der Waals surface area contributed by atoms with Gasteiger partial charge in [0, 0.05) is 17.7 Å². The summed E-state index contributed by atoms with van der Waals surface area (Å²) < 4.78 is 5.22. The minimum absolute atomic E-state index is 0.750. The maximum Gasteiger partial charge on any atom is 0.100 e. The Labute approximate surface area is 53.2 Å². The van der Waals surface area contributed by atoms with E-state index in [-0.39, 0.29) is 0 Å². The van der Waals surface area contributed by atoms with Crippen LogP contribution in [0.5, 0.6) is 0 Å². The van der Waals surface area contributed by atoms with E-state index in [1.807, 2.05) is 11.8 Å². The van der Waals surface area contributed by atoms with Crippen LogP contribution < -0.4 is 0 Å². The Hall–Kier alpha value is 0.270. The van der Waals surface area contributed by atoms with E-state index in [1.165, 1.54) is 11.6 Å². The molecule has 46 valence electrons. The molecule has 0 unspecified atom stereocenters. The number of rotatable bonds is 0. The topological polar surface area (TPSA) is 12.5 Å². The zero-order valence-electron chi connectivity index (χ0n) is 4.67. The quantitative estimate of drug-likeness (QED) is 0.470. The minimum Gasteiger partial charge on any atom is -0.364 e. The first-order valence-corrected chi connectivity index (χ1v) is 4.02. The molecule has 2 heterocycles. The summed E-state index contributed by atoms with van der Waals surface area (Å²) in [5, 5.41) is 0. The van der Waals surface area contributed by atoms with Gasteiger partial charge in [0.25, 0.3) is 0 Å². The van der Waals surface area contributed by atoms with Crippen LogP contribution in [-0.4, -0.2) is 35.9 Å². The molecule has 2 rings (SSSR count). The van der Waals surface area contributed by atoms with Gasteiger partial charge in [0.1, 0.15) is 6.73 Å². The van der Waals surface area contributed by atoms with Crippen molar-refractivity contribution in [2.24, 2.45) is 0 Å². The highest BCUT2D eigenvalue weighted by molar-refractivity contribution is 7.99. The molecule has 2 aliphatic heterocycles. The van der Waals surface area contributed by atoms with Gasteiger partial charge in [0.15, 0.2) is 0 Å². The van der Waals surface area contributed by atoms with E-state index in [2.05, 4.69) is 4.90 Å². The summed E-state index contributed by atoms with van der Waals surface area (Å²) in [7, 11) is 0. The summed E-state index contributed by atoms with van der Waals surface area (Å²) in [4.78, 5) is 2.38. The monoisotopic (exact) mass is 131 g/mol. The molecule has 0 aromatic rings. The molecule has 0 amide bonds. The van der Waals surface area contributed by atoms with E-state index in [1.54, 1.807) is 0 Å². The van der Waals surface area contributed by atoms with Crippen molar-refractivity contribution in [2.75, 3.05) is 25.0 Å². The van der Waals surface area contributed by atoms with Crippen LogP contribution >= 0.6 is 11.8 Å². The summed E-state index contributed by atoms with van der Waals surface area (Å²) in [5.74, 6) is 2.46. The van der Waals surface area contributed by atoms with Gasteiger partial charge in [-0.3, -0.25) is 4.90 Å². The predicted octanol–water partition coefficient (Wildman–Crippen LogP) is 0.349. The highest BCUT2D eigenvalue weighted by Gasteiger charge is 2.29. The van der Waals surface area contributed by atoms with Gasteiger partial charge in [-0.25, -0.2) is 0 Å². The lowest BCUT2D eigenvalue weighted by molar-refractivity contribution is 0.151. The molecule has 0 aromatic heterocycles. The average Bonchev–Trinajstić information content (AvgIpc) is 2.15. The van der Waals surface area contributed by atoms with Gasteiger partial charge in [-0.2, -0.15) is 0 Å². The Kier molecular flexibility index (Phi) is 1.21. The summed E-state index contributed by atoms with van der Waals surface area (Å²) in [6.45, 7) is 1.84. The number of hydrogen-bond acceptors (Lipinski definition) is 3. The van der Waals surface area contributed by atoms with Crippen LogP contribution in [0.4, 0.5) is 0 Å². The van der Waals surface area contributed by atoms with Crippen LogP contribution in [0.25, 0.3) is 0 Å². The molecule has 3 heteroatoms. The predicted molar refractivity (Wildman–Crippen MR) is 33.8 cm³/mol. The molecule has 0 bridgehead atoms. The lowest BCUT2D eigenvalue weighted by Gasteiger charge is -2.07. The molecule has 2 saturated heterocycles. The van der Waals surface area contributed by atoms with Crippen molar-refractivity contribution < 1.29 is 4.74 Å². The zero-order valence-corrected chi connectivity index (χ0v) is 5.49. The van der Waals surface area contributed by atoms with Crippen LogP contribution in [0.3, 0.4) is 0 Å². The van der Waals surface area contributed by atoms with E-state index in [9.17, 15) is 0 Å². The Morgan fingerprint density at radius 3 is 3.50 bits per heavy atom. The van der Waals surface area contributed by atoms with Gasteiger partial charge < -0.3 is 4.74 Å². The number of nitrogens with zero attached hydrogens (tertiary/aromatic N) is 1. The van der Waals surface area contributed by atoms with Crippen molar-refractivity contribution in [1.82, 2.24) is 4.90 Å². The molecule has 0 aliphatic carbocycles. The fraction of sp³-hybridized carbons (Fsp3) is 1.00. The molecule has 2 fully saturated rings. The van der Waals surface area contributed by atoms with Crippen molar-refractivity contribution in [3.05, 3.63) is 0 Å². The maximum absolute atomic E-state index is 5.22. The van der Waals surface area contributed by atoms with Crippen molar-refractivity contribution in [3.63, 3.8) is 0 Å². The SMILES string of the molecule is C1OCN2CSC[C@H]12. The van der Waals surface area contributed by atoms with E-state index >= 15 is 0 Å². The summed E-state index contributed by atoms with van der Waals surface area (Å²) in [5.41, 5.74) is 0. The van der Waals surface area contributed by atoms with E-state index in [0.717, 1.165) is 19.4 Å². The molecular weight excluding hydrogens is 122 g/mol. The molecule has 2 aliphatic rings. The van der Waals surface area contributed by atoms with Gasteiger partial charge in [-0.1, -0.05) is 0 Å². The smallest absolute Gasteiger partial charge is 0.100 e. The molecule has 2 nitrogen and oxygen atoms in total. The number of fused-ring (bicyclic) bond motifs is 1. The molecule has 0 spiro atoms. The Balaban J connectivity index is 2.04. The Bertz CT molecular complexity index is 78.4. The minimum atomic E-state index is 0.750. The Morgan fingerprint density at radius 2 is 2.62 bits per heavy atom. The van der Waals surface area contributed by atoms with Crippen LogP contribution in [0.15, 0.2) is 0 Å². The van der Waals surface area contributed by atoms with Gasteiger partial charge in [-0.05, 0) is 0 Å². The van der Waals surface area contributed by atoms with Gasteiger partial charge in [0.2, 0.25) is 0 Å². The highest BCUT2D eigenvalue weighted by Crippen LogP contribution is 2.24. The largest absolute Gasteiger partial charge is 0.364 e. The second kappa shape index (κ2) is 1.90. The lowest BCUT2D eigenvalue weighted by Crippen LogP contribution is -2.24. The highest BCUT2D eigenvalue weighted by atomic mass is 32.2. The fourth-order valence-electron chi connectivity index (χ4n) is 1.12. The Morgan fingerprint density at radius 1 is 1.62 bits per heavy atom. The van der Waals surface area contributed by atoms with E-state index < -0.39 is 0 Å². The van der Waals surface area contributed by atoms with Crippen LogP contribution in [0.2, 0.25) is 0 Å². The van der Waals surface area contributed by atoms with E-state index in [4.69, 9.17) is 4.74 Å². The summed E-state index contributed by atoms with van der Waals surface area (Å²) in [6.07, 6.45) is 0. The van der Waals surface area contributed by atoms with Gasteiger partial charge in [-0.15, -0.1) is 11.8 Å². The number of thioether (sulfide) groups is 1. The molecule has 1 atom stereocenters. The lowest BCUT2D eigenvalue weighted by atomic mass is 10.4. The van der Waals surface area contributed by atoms with Crippen molar-refractivity contribution in [3.8, 4) is 0 Å². The summed E-state index contributed by atoms with van der Waals surface area (Å²) >= 11 is 2.01. The first-order valence-electron chi connectivity index (χ1n) is 2.86. The van der Waals surface area contributed by atoms with Gasteiger partial charge in [0.05, 0.1) is 6.61 Å². The van der Waals surface area contributed by atoms with Crippen molar-refractivity contribution >= 4 is 11.8 Å². The first kappa shape index (κ1) is 5.09. The maximum atomic E-state index is 5.22. The molecule has 0 saturated carbocycles. The normalized spacial score (nSPS) is 38.2. The third-order valence-electron chi connectivity index (χ3n) is 1.65. The second-order valence-electron chi connectivity index (χ2n) is 2.24. The third kappa shape index (κ3) is 0.658. The molecule has 0 aromatic carbocycles. The van der Waals surface area contributed by atoms with Crippen molar-refractivity contribution in [2.45, 2.75) is 6.04 Å². The second-order valence-corrected chi connectivity index (χ2v) is 3.24. The number of hydrogen-bond donors (Lipinski definition) is 0. The van der Waals surface area contributed by atoms with Crippen LogP contribution in [-0.2, 0) is 4.74 Å². The molecule has 0 radical (unpaired) electrons. The van der Waals surface area contributed by atoms with Crippen LogP contribution in [0, 0.1) is 0 Å². The van der Waals surface area contributed by atoms with Crippen molar-refractivity contribution in [1.29, 1.82) is 0 Å². The van der Waals surface area contributed by atoms with E-state index in [0.29, 0.717) is 0 Å². The zero-order chi connectivity index (χ0) is 5.40. The first-order chi connectivity index (χ1) is 3.97. The fourth-order valence-corrected chi connectivity index (χ4v) is 2.32. The standard InChI is InChI=1S/C5H9NOS/c1-5-2-8-4-6(5)3-7-1/h5H,1-4H2/t5-/m0/s1.